The van der Waals surface area contributed by atoms with Gasteiger partial charge in [-0.3, -0.25) is 4.98 Å². The van der Waals surface area contributed by atoms with Crippen molar-refractivity contribution in [3.05, 3.63) is 47.4 Å². The van der Waals surface area contributed by atoms with Crippen LogP contribution in [0.2, 0.25) is 0 Å². The molecule has 7 heteroatoms. The highest BCUT2D eigenvalue weighted by molar-refractivity contribution is 5.63. The first-order valence-corrected chi connectivity index (χ1v) is 4.66. The maximum atomic E-state index is 13.4. The Hall–Kier alpha value is -2.18. The number of nitrogens with two attached hydrogens (primary N) is 1. The second kappa shape index (κ2) is 4.25. The summed E-state index contributed by atoms with van der Waals surface area (Å²) in [4.78, 5) is 3.37. The van der Waals surface area contributed by atoms with Gasteiger partial charge in [-0.1, -0.05) is 0 Å². The quantitative estimate of drug-likeness (QED) is 0.486. The molecule has 2 aromatic rings. The van der Waals surface area contributed by atoms with E-state index in [1.165, 1.54) is 0 Å². The smallest absolute Gasteiger partial charge is 0.195 e. The number of benzene rings is 1. The van der Waals surface area contributed by atoms with Crippen LogP contribution in [0.15, 0.2) is 18.3 Å². The molecule has 0 saturated carbocycles. The zero-order valence-corrected chi connectivity index (χ0v) is 8.65. The van der Waals surface area contributed by atoms with Gasteiger partial charge in [0.2, 0.25) is 0 Å². The topological polar surface area (TPSA) is 38.9 Å². The average Bonchev–Trinajstić information content (AvgIpc) is 2.29. The van der Waals surface area contributed by atoms with Crippen molar-refractivity contribution < 1.29 is 22.0 Å². The predicted molar refractivity (Wildman–Crippen MR) is 53.9 cm³/mol. The van der Waals surface area contributed by atoms with Crippen LogP contribution in [-0.2, 0) is 0 Å². The Morgan fingerprint density at radius 3 is 2.11 bits per heavy atom. The van der Waals surface area contributed by atoms with Crippen LogP contribution in [0.25, 0.3) is 11.3 Å². The molecule has 18 heavy (non-hydrogen) atoms. The fourth-order valence-corrected chi connectivity index (χ4v) is 1.42. The lowest BCUT2D eigenvalue weighted by molar-refractivity contribution is 0.436. The Bertz CT molecular complexity index is 627. The zero-order chi connectivity index (χ0) is 13.4. The first kappa shape index (κ1) is 12.3. The van der Waals surface area contributed by atoms with Gasteiger partial charge in [-0.05, 0) is 0 Å². The second-order valence-electron chi connectivity index (χ2n) is 3.44. The minimum Gasteiger partial charge on any atom is -0.397 e. The van der Waals surface area contributed by atoms with Crippen molar-refractivity contribution >= 4 is 5.69 Å². The van der Waals surface area contributed by atoms with Gasteiger partial charge in [-0.2, -0.15) is 0 Å². The molecule has 0 saturated heterocycles. The third-order valence-corrected chi connectivity index (χ3v) is 2.21. The van der Waals surface area contributed by atoms with E-state index in [-0.39, 0.29) is 11.8 Å². The summed E-state index contributed by atoms with van der Waals surface area (Å²) in [6.07, 6.45) is 0.943. The van der Waals surface area contributed by atoms with Crippen LogP contribution in [0.4, 0.5) is 27.6 Å². The number of rotatable bonds is 1. The Kier molecular flexibility index (Phi) is 2.90. The number of anilines is 1. The lowest BCUT2D eigenvalue weighted by Crippen LogP contribution is -2.02. The van der Waals surface area contributed by atoms with Gasteiger partial charge in [0.15, 0.2) is 23.3 Å². The third kappa shape index (κ3) is 1.87. The lowest BCUT2D eigenvalue weighted by atomic mass is 10.1. The van der Waals surface area contributed by atoms with Gasteiger partial charge >= 0.3 is 0 Å². The van der Waals surface area contributed by atoms with Crippen molar-refractivity contribution in [3.8, 4) is 11.3 Å². The molecule has 0 amide bonds. The Morgan fingerprint density at radius 1 is 0.833 bits per heavy atom. The number of hydrogen-bond acceptors (Lipinski definition) is 2. The minimum absolute atomic E-state index is 0.0698. The molecule has 2 N–H and O–H groups in total. The number of halogens is 5. The van der Waals surface area contributed by atoms with Crippen LogP contribution in [-0.4, -0.2) is 4.98 Å². The van der Waals surface area contributed by atoms with Gasteiger partial charge in [-0.25, -0.2) is 22.0 Å². The van der Waals surface area contributed by atoms with Gasteiger partial charge in [-0.15, -0.1) is 0 Å². The van der Waals surface area contributed by atoms with Crippen LogP contribution in [0.5, 0.6) is 0 Å². The van der Waals surface area contributed by atoms with Crippen molar-refractivity contribution in [2.45, 2.75) is 0 Å². The second-order valence-corrected chi connectivity index (χ2v) is 3.44. The minimum atomic E-state index is -1.90. The molecule has 2 rings (SSSR count). The molecular formula is C11H5F5N2. The van der Waals surface area contributed by atoms with Crippen LogP contribution < -0.4 is 5.73 Å². The molecule has 0 aliphatic carbocycles. The molecule has 1 aromatic heterocycles. The summed E-state index contributed by atoms with van der Waals surface area (Å²) in [6, 6.07) is 0.883. The van der Waals surface area contributed by atoms with Crippen molar-refractivity contribution in [2.75, 3.05) is 5.73 Å². The fraction of sp³-hybridized carbons (Fsp3) is 0. The summed E-state index contributed by atoms with van der Waals surface area (Å²) in [5.41, 5.74) is 3.28. The van der Waals surface area contributed by atoms with Gasteiger partial charge in [0.25, 0.3) is 0 Å². The summed E-state index contributed by atoms with van der Waals surface area (Å²) in [5.74, 6) is -8.04. The SMILES string of the molecule is Nc1cnc(-c2c(F)cc(F)c(F)c2F)c(F)c1. The zero-order valence-electron chi connectivity index (χ0n) is 8.65. The van der Waals surface area contributed by atoms with E-state index in [0.29, 0.717) is 0 Å². The highest BCUT2D eigenvalue weighted by Crippen LogP contribution is 2.29. The van der Waals surface area contributed by atoms with E-state index in [4.69, 9.17) is 5.73 Å². The summed E-state index contributed by atoms with van der Waals surface area (Å²) < 4.78 is 65.9. The lowest BCUT2D eigenvalue weighted by Gasteiger charge is -2.07. The molecule has 0 fully saturated rings. The molecule has 0 radical (unpaired) electrons. The maximum Gasteiger partial charge on any atom is 0.195 e. The molecule has 0 aliphatic heterocycles. The molecule has 2 nitrogen and oxygen atoms in total. The first-order chi connectivity index (χ1) is 8.41. The van der Waals surface area contributed by atoms with Gasteiger partial charge in [0.05, 0.1) is 17.4 Å². The normalized spacial score (nSPS) is 10.7. The number of nitrogens with zero attached hydrogens (tertiary/aromatic N) is 1. The van der Waals surface area contributed by atoms with Crippen molar-refractivity contribution in [1.82, 2.24) is 4.98 Å². The van der Waals surface area contributed by atoms with E-state index < -0.39 is 40.3 Å². The fourth-order valence-electron chi connectivity index (χ4n) is 1.42. The summed E-state index contributed by atoms with van der Waals surface area (Å²) in [6.45, 7) is 0. The first-order valence-electron chi connectivity index (χ1n) is 4.66. The molecule has 1 heterocycles. The van der Waals surface area contributed by atoms with E-state index in [9.17, 15) is 22.0 Å². The summed E-state index contributed by atoms with van der Waals surface area (Å²) >= 11 is 0. The van der Waals surface area contributed by atoms with Crippen LogP contribution >= 0.6 is 0 Å². The largest absolute Gasteiger partial charge is 0.397 e. The van der Waals surface area contributed by atoms with Crippen LogP contribution in [0.3, 0.4) is 0 Å². The molecule has 0 spiro atoms. The average molecular weight is 260 g/mol. The van der Waals surface area contributed by atoms with Crippen LogP contribution in [0, 0.1) is 29.1 Å². The molecule has 0 atom stereocenters. The molecule has 0 unspecified atom stereocenters. The molecule has 1 aromatic carbocycles. The molecule has 0 bridgehead atoms. The Labute approximate surface area is 97.9 Å². The van der Waals surface area contributed by atoms with Crippen LogP contribution in [0.1, 0.15) is 0 Å². The standard InChI is InChI=1S/C11H5F5N2/c12-5-2-6(13)9(15)10(16)8(5)11-7(14)1-4(17)3-18-11/h1-3H,17H2. The monoisotopic (exact) mass is 260 g/mol. The van der Waals surface area contributed by atoms with Crippen molar-refractivity contribution in [1.29, 1.82) is 0 Å². The van der Waals surface area contributed by atoms with E-state index >= 15 is 0 Å². The van der Waals surface area contributed by atoms with Crippen molar-refractivity contribution in [3.63, 3.8) is 0 Å². The highest BCUT2D eigenvalue weighted by Gasteiger charge is 2.23. The highest BCUT2D eigenvalue weighted by atomic mass is 19.2. The van der Waals surface area contributed by atoms with E-state index in [2.05, 4.69) is 4.98 Å². The van der Waals surface area contributed by atoms with Gasteiger partial charge in [0.1, 0.15) is 11.5 Å². The Balaban J connectivity index is 2.75. The number of hydrogen-bond donors (Lipinski definition) is 1. The van der Waals surface area contributed by atoms with E-state index in [1.54, 1.807) is 0 Å². The number of nitrogen functional groups attached to an aromatic ring is 1. The number of pyridine rings is 1. The summed E-state index contributed by atoms with van der Waals surface area (Å²) in [7, 11) is 0. The third-order valence-electron chi connectivity index (χ3n) is 2.21. The summed E-state index contributed by atoms with van der Waals surface area (Å²) in [5, 5.41) is 0. The maximum absolute atomic E-state index is 13.4. The van der Waals surface area contributed by atoms with E-state index in [0.717, 1.165) is 12.3 Å². The molecular weight excluding hydrogens is 255 g/mol. The van der Waals surface area contributed by atoms with Crippen molar-refractivity contribution in [2.24, 2.45) is 0 Å². The Morgan fingerprint density at radius 2 is 1.50 bits per heavy atom. The predicted octanol–water partition coefficient (Wildman–Crippen LogP) is 3.03. The molecule has 94 valence electrons. The number of aromatic nitrogens is 1. The van der Waals surface area contributed by atoms with Gasteiger partial charge < -0.3 is 5.73 Å². The van der Waals surface area contributed by atoms with E-state index in [1.807, 2.05) is 0 Å². The molecule has 0 aliphatic rings. The van der Waals surface area contributed by atoms with Gasteiger partial charge in [0, 0.05) is 12.1 Å².